The number of benzene rings is 2. The van der Waals surface area contributed by atoms with Gasteiger partial charge in [0.25, 0.3) is 0 Å². The normalized spacial score (nSPS) is 10.2. The fourth-order valence-corrected chi connectivity index (χ4v) is 2.02. The number of ether oxygens (including phenoxy) is 3. The molecule has 0 aliphatic carbocycles. The maximum absolute atomic E-state index is 5.80. The van der Waals surface area contributed by atoms with E-state index in [1.807, 2.05) is 56.3 Å². The topological polar surface area (TPSA) is 27.7 Å². The molecule has 21 heavy (non-hydrogen) atoms. The molecule has 0 amide bonds. The Labute approximate surface area is 126 Å². The van der Waals surface area contributed by atoms with Gasteiger partial charge in [0.05, 0.1) is 13.2 Å². The van der Waals surface area contributed by atoms with E-state index in [0.29, 0.717) is 19.8 Å². The van der Waals surface area contributed by atoms with E-state index in [2.05, 4.69) is 6.92 Å². The summed E-state index contributed by atoms with van der Waals surface area (Å²) in [7, 11) is 0. The first-order valence-corrected chi connectivity index (χ1v) is 7.30. The molecule has 0 aromatic heterocycles. The Morgan fingerprint density at radius 2 is 1.29 bits per heavy atom. The molecule has 0 atom stereocenters. The van der Waals surface area contributed by atoms with Gasteiger partial charge in [0.2, 0.25) is 0 Å². The van der Waals surface area contributed by atoms with E-state index in [9.17, 15) is 0 Å². The summed E-state index contributed by atoms with van der Waals surface area (Å²) in [5, 5.41) is 0. The van der Waals surface area contributed by atoms with Gasteiger partial charge < -0.3 is 14.2 Å². The molecule has 0 radical (unpaired) electrons. The van der Waals surface area contributed by atoms with E-state index in [1.54, 1.807) is 0 Å². The zero-order valence-corrected chi connectivity index (χ0v) is 12.9. The van der Waals surface area contributed by atoms with Crippen molar-refractivity contribution in [2.75, 3.05) is 13.2 Å². The first kappa shape index (κ1) is 15.2. The quantitative estimate of drug-likeness (QED) is 0.756. The van der Waals surface area contributed by atoms with Crippen LogP contribution in [0.25, 0.3) is 0 Å². The molecule has 0 aliphatic rings. The predicted octanol–water partition coefficient (Wildman–Crippen LogP) is 4.37. The van der Waals surface area contributed by atoms with Crippen molar-refractivity contribution in [2.45, 2.75) is 27.4 Å². The van der Waals surface area contributed by atoms with Crippen LogP contribution in [0.3, 0.4) is 0 Å². The van der Waals surface area contributed by atoms with Gasteiger partial charge in [-0.3, -0.25) is 0 Å². The molecular weight excluding hydrogens is 264 g/mol. The van der Waals surface area contributed by atoms with Crippen LogP contribution in [0.4, 0.5) is 0 Å². The van der Waals surface area contributed by atoms with Gasteiger partial charge in [-0.15, -0.1) is 0 Å². The molecule has 0 spiro atoms. The molecule has 0 fully saturated rings. The highest BCUT2D eigenvalue weighted by atomic mass is 16.5. The Hall–Kier alpha value is -2.16. The summed E-state index contributed by atoms with van der Waals surface area (Å²) < 4.78 is 16.9. The van der Waals surface area contributed by atoms with Gasteiger partial charge in [0.1, 0.15) is 23.9 Å². The second-order valence-electron chi connectivity index (χ2n) is 4.78. The number of hydrogen-bond acceptors (Lipinski definition) is 3. The summed E-state index contributed by atoms with van der Waals surface area (Å²) in [5.74, 6) is 2.48. The molecule has 0 saturated carbocycles. The Kier molecular flexibility index (Phi) is 5.50. The lowest BCUT2D eigenvalue weighted by Gasteiger charge is -2.12. The van der Waals surface area contributed by atoms with Gasteiger partial charge in [-0.05, 0) is 50.6 Å². The molecule has 2 rings (SSSR count). The molecule has 0 unspecified atom stereocenters. The molecule has 2 aromatic rings. The van der Waals surface area contributed by atoms with Gasteiger partial charge in [-0.25, -0.2) is 0 Å². The third-order valence-corrected chi connectivity index (χ3v) is 2.99. The van der Waals surface area contributed by atoms with Crippen molar-refractivity contribution >= 4 is 0 Å². The average molecular weight is 286 g/mol. The van der Waals surface area contributed by atoms with Gasteiger partial charge in [0.15, 0.2) is 0 Å². The van der Waals surface area contributed by atoms with Crippen molar-refractivity contribution < 1.29 is 14.2 Å². The Morgan fingerprint density at radius 3 is 1.81 bits per heavy atom. The van der Waals surface area contributed by atoms with Crippen molar-refractivity contribution in [3.8, 4) is 17.2 Å². The Morgan fingerprint density at radius 1 is 0.714 bits per heavy atom. The predicted molar refractivity (Wildman–Crippen MR) is 84.3 cm³/mol. The molecule has 2 aromatic carbocycles. The molecule has 0 aliphatic heterocycles. The molecule has 0 bridgehead atoms. The average Bonchev–Trinajstić information content (AvgIpc) is 2.47. The van der Waals surface area contributed by atoms with Crippen LogP contribution in [0.5, 0.6) is 17.2 Å². The minimum Gasteiger partial charge on any atom is -0.494 e. The summed E-state index contributed by atoms with van der Waals surface area (Å²) in [6.07, 6.45) is 0. The summed E-state index contributed by atoms with van der Waals surface area (Å²) in [6, 6.07) is 13.9. The highest BCUT2D eigenvalue weighted by Crippen LogP contribution is 2.24. The lowest BCUT2D eigenvalue weighted by atomic mass is 10.2. The fraction of sp³-hybridized carbons (Fsp3) is 0.333. The van der Waals surface area contributed by atoms with E-state index < -0.39 is 0 Å². The number of rotatable bonds is 7. The maximum Gasteiger partial charge on any atom is 0.123 e. The van der Waals surface area contributed by atoms with Crippen LogP contribution in [0.1, 0.15) is 25.0 Å². The molecule has 3 nitrogen and oxygen atoms in total. The molecule has 0 N–H and O–H groups in total. The van der Waals surface area contributed by atoms with Gasteiger partial charge >= 0.3 is 0 Å². The standard InChI is InChI=1S/C18H22O3/c1-4-19-17-10-15(11-18(12-17)20-5-2)13-21-16-8-6-14(3)7-9-16/h6-12H,4-5,13H2,1-3H3. The van der Waals surface area contributed by atoms with Crippen molar-refractivity contribution in [3.05, 3.63) is 53.6 Å². The summed E-state index contributed by atoms with van der Waals surface area (Å²) in [6.45, 7) is 7.75. The van der Waals surface area contributed by atoms with Crippen LogP contribution in [0, 0.1) is 6.92 Å². The number of aryl methyl sites for hydroxylation is 1. The number of hydrogen-bond donors (Lipinski definition) is 0. The van der Waals surface area contributed by atoms with Gasteiger partial charge in [-0.2, -0.15) is 0 Å². The van der Waals surface area contributed by atoms with Crippen LogP contribution in [0.2, 0.25) is 0 Å². The van der Waals surface area contributed by atoms with Gasteiger partial charge in [0, 0.05) is 6.07 Å². The monoisotopic (exact) mass is 286 g/mol. The van der Waals surface area contributed by atoms with E-state index in [0.717, 1.165) is 22.8 Å². The van der Waals surface area contributed by atoms with Crippen LogP contribution in [-0.4, -0.2) is 13.2 Å². The highest BCUT2D eigenvalue weighted by molar-refractivity contribution is 5.38. The molecule has 3 heteroatoms. The molecule has 112 valence electrons. The second kappa shape index (κ2) is 7.58. The van der Waals surface area contributed by atoms with E-state index in [-0.39, 0.29) is 0 Å². The zero-order valence-electron chi connectivity index (χ0n) is 12.9. The van der Waals surface area contributed by atoms with Crippen molar-refractivity contribution in [3.63, 3.8) is 0 Å². The summed E-state index contributed by atoms with van der Waals surface area (Å²) in [5.41, 5.74) is 2.25. The summed E-state index contributed by atoms with van der Waals surface area (Å²) >= 11 is 0. The smallest absolute Gasteiger partial charge is 0.123 e. The Bertz CT molecular complexity index is 537. The molecule has 0 saturated heterocycles. The lowest BCUT2D eigenvalue weighted by molar-refractivity contribution is 0.298. The van der Waals surface area contributed by atoms with Gasteiger partial charge in [-0.1, -0.05) is 17.7 Å². The molecular formula is C18H22O3. The minimum absolute atomic E-state index is 0.490. The van der Waals surface area contributed by atoms with Crippen LogP contribution in [0.15, 0.2) is 42.5 Å². The third-order valence-electron chi connectivity index (χ3n) is 2.99. The van der Waals surface area contributed by atoms with Crippen molar-refractivity contribution in [2.24, 2.45) is 0 Å². The van der Waals surface area contributed by atoms with E-state index in [1.165, 1.54) is 5.56 Å². The van der Waals surface area contributed by atoms with E-state index in [4.69, 9.17) is 14.2 Å². The SMILES string of the molecule is CCOc1cc(COc2ccc(C)cc2)cc(OCC)c1. The third kappa shape index (κ3) is 4.71. The van der Waals surface area contributed by atoms with Crippen molar-refractivity contribution in [1.82, 2.24) is 0 Å². The second-order valence-corrected chi connectivity index (χ2v) is 4.78. The zero-order chi connectivity index (χ0) is 15.1. The summed E-state index contributed by atoms with van der Waals surface area (Å²) in [4.78, 5) is 0. The fourth-order valence-electron chi connectivity index (χ4n) is 2.02. The Balaban J connectivity index is 2.08. The maximum atomic E-state index is 5.80. The van der Waals surface area contributed by atoms with E-state index >= 15 is 0 Å². The minimum atomic E-state index is 0.490. The van der Waals surface area contributed by atoms with Crippen LogP contribution < -0.4 is 14.2 Å². The van der Waals surface area contributed by atoms with Crippen LogP contribution >= 0.6 is 0 Å². The van der Waals surface area contributed by atoms with Crippen molar-refractivity contribution in [1.29, 1.82) is 0 Å². The molecule has 0 heterocycles. The highest BCUT2D eigenvalue weighted by Gasteiger charge is 2.04. The van der Waals surface area contributed by atoms with Crippen LogP contribution in [-0.2, 0) is 6.61 Å². The lowest BCUT2D eigenvalue weighted by Crippen LogP contribution is -2.00. The largest absolute Gasteiger partial charge is 0.494 e. The first-order valence-electron chi connectivity index (χ1n) is 7.30. The first-order chi connectivity index (χ1) is 10.2.